The van der Waals surface area contributed by atoms with Crippen molar-refractivity contribution in [2.75, 3.05) is 49.6 Å². The van der Waals surface area contributed by atoms with Gasteiger partial charge in [-0.15, -0.1) is 0 Å². The van der Waals surface area contributed by atoms with E-state index in [0.29, 0.717) is 31.9 Å². The summed E-state index contributed by atoms with van der Waals surface area (Å²) in [6.45, 7) is 4.84. The number of rotatable bonds is 5. The molecular weight excluding hydrogens is 344 g/mol. The van der Waals surface area contributed by atoms with Crippen LogP contribution in [-0.4, -0.2) is 68.4 Å². The first kappa shape index (κ1) is 19.2. The Hall–Kier alpha value is -2.13. The maximum absolute atomic E-state index is 12.3. The van der Waals surface area contributed by atoms with Gasteiger partial charge in [-0.3, -0.25) is 9.59 Å². The fraction of sp³-hybridized carbons (Fsp3) is 0.500. The fourth-order valence-corrected chi connectivity index (χ4v) is 3.53. The normalized spacial score (nSPS) is 15.7. The Balaban J connectivity index is 1.92. The summed E-state index contributed by atoms with van der Waals surface area (Å²) in [5.74, 6) is -0.238. The smallest absolute Gasteiger partial charge is 0.241 e. The number of carbonyl (C=O) groups excluding carboxylic acids is 2. The lowest BCUT2D eigenvalue weighted by Crippen LogP contribution is -2.51. The van der Waals surface area contributed by atoms with Gasteiger partial charge in [0.15, 0.2) is 0 Å². The van der Waals surface area contributed by atoms with Crippen LogP contribution in [0.3, 0.4) is 0 Å². The van der Waals surface area contributed by atoms with Gasteiger partial charge in [0.05, 0.1) is 12.8 Å². The quantitative estimate of drug-likeness (QED) is 0.787. The van der Waals surface area contributed by atoms with Gasteiger partial charge in [0.2, 0.25) is 21.8 Å². The molecule has 0 saturated carbocycles. The number of carbonyl (C=O) groups is 2. The van der Waals surface area contributed by atoms with Crippen LogP contribution >= 0.6 is 0 Å². The van der Waals surface area contributed by atoms with Crippen LogP contribution in [0.15, 0.2) is 18.2 Å². The van der Waals surface area contributed by atoms with E-state index in [0.717, 1.165) is 11.3 Å². The van der Waals surface area contributed by atoms with Gasteiger partial charge >= 0.3 is 0 Å². The molecule has 2 amide bonds. The van der Waals surface area contributed by atoms with Gasteiger partial charge < -0.3 is 15.5 Å². The van der Waals surface area contributed by atoms with E-state index < -0.39 is 10.0 Å². The SMILES string of the molecule is CC(=O)Nc1cccc(NCC(=O)N2CCN(S(C)(=O)=O)CC2)c1C. The van der Waals surface area contributed by atoms with Crippen molar-refractivity contribution in [2.24, 2.45) is 0 Å². The van der Waals surface area contributed by atoms with E-state index in [1.807, 2.05) is 13.0 Å². The zero-order valence-corrected chi connectivity index (χ0v) is 15.5. The molecule has 1 aliphatic heterocycles. The molecule has 138 valence electrons. The Morgan fingerprint density at radius 1 is 1.12 bits per heavy atom. The summed E-state index contributed by atoms with van der Waals surface area (Å²) in [5.41, 5.74) is 2.33. The van der Waals surface area contributed by atoms with Crippen LogP contribution in [0.2, 0.25) is 0 Å². The van der Waals surface area contributed by atoms with Crippen molar-refractivity contribution < 1.29 is 18.0 Å². The molecule has 1 aromatic carbocycles. The van der Waals surface area contributed by atoms with Gasteiger partial charge in [-0.2, -0.15) is 4.31 Å². The number of hydrogen-bond acceptors (Lipinski definition) is 5. The minimum absolute atomic E-state index is 0.0857. The van der Waals surface area contributed by atoms with E-state index in [9.17, 15) is 18.0 Å². The summed E-state index contributed by atoms with van der Waals surface area (Å²) >= 11 is 0. The number of amides is 2. The highest BCUT2D eigenvalue weighted by Crippen LogP contribution is 2.23. The van der Waals surface area contributed by atoms with Crippen LogP contribution in [0.5, 0.6) is 0 Å². The number of benzene rings is 1. The Morgan fingerprint density at radius 2 is 1.72 bits per heavy atom. The number of nitrogens with one attached hydrogen (secondary N) is 2. The molecule has 1 fully saturated rings. The molecule has 0 bridgehead atoms. The van der Waals surface area contributed by atoms with E-state index in [4.69, 9.17) is 0 Å². The largest absolute Gasteiger partial charge is 0.376 e. The topological polar surface area (TPSA) is 98.8 Å². The second-order valence-corrected chi connectivity index (χ2v) is 8.04. The molecule has 0 atom stereocenters. The minimum atomic E-state index is -3.21. The Morgan fingerprint density at radius 3 is 2.28 bits per heavy atom. The Kier molecular flexibility index (Phi) is 6.02. The third-order valence-corrected chi connectivity index (χ3v) is 5.44. The monoisotopic (exact) mass is 368 g/mol. The number of nitrogens with zero attached hydrogens (tertiary/aromatic N) is 2. The molecule has 1 aliphatic rings. The molecule has 0 aromatic heterocycles. The van der Waals surface area contributed by atoms with Crippen molar-refractivity contribution in [1.82, 2.24) is 9.21 Å². The van der Waals surface area contributed by atoms with Gasteiger partial charge in [0.1, 0.15) is 0 Å². The minimum Gasteiger partial charge on any atom is -0.376 e. The van der Waals surface area contributed by atoms with E-state index in [2.05, 4.69) is 10.6 Å². The summed E-state index contributed by atoms with van der Waals surface area (Å²) in [5, 5.41) is 5.84. The third-order valence-electron chi connectivity index (χ3n) is 4.13. The standard InChI is InChI=1S/C16H24N4O4S/c1-12-14(5-4-6-15(12)18-13(2)21)17-11-16(22)19-7-9-20(10-8-19)25(3,23)24/h4-6,17H,7-11H2,1-3H3,(H,18,21). The van der Waals surface area contributed by atoms with E-state index in [1.165, 1.54) is 17.5 Å². The molecular formula is C16H24N4O4S. The predicted molar refractivity (Wildman–Crippen MR) is 97.0 cm³/mol. The molecule has 9 heteroatoms. The van der Waals surface area contributed by atoms with E-state index in [-0.39, 0.29) is 18.4 Å². The lowest BCUT2D eigenvalue weighted by molar-refractivity contribution is -0.130. The molecule has 1 aromatic rings. The van der Waals surface area contributed by atoms with Crippen LogP contribution in [0, 0.1) is 6.92 Å². The Bertz CT molecular complexity index is 755. The Labute approximate surface area is 148 Å². The van der Waals surface area contributed by atoms with Crippen molar-refractivity contribution in [2.45, 2.75) is 13.8 Å². The molecule has 0 unspecified atom stereocenters. The van der Waals surface area contributed by atoms with Crippen LogP contribution in [0.25, 0.3) is 0 Å². The maximum Gasteiger partial charge on any atom is 0.241 e. The number of sulfonamides is 1. The lowest BCUT2D eigenvalue weighted by Gasteiger charge is -2.33. The molecule has 0 radical (unpaired) electrons. The van der Waals surface area contributed by atoms with E-state index >= 15 is 0 Å². The highest BCUT2D eigenvalue weighted by Gasteiger charge is 2.25. The van der Waals surface area contributed by atoms with Crippen molar-refractivity contribution in [3.05, 3.63) is 23.8 Å². The van der Waals surface area contributed by atoms with Gasteiger partial charge in [-0.25, -0.2) is 8.42 Å². The zero-order valence-electron chi connectivity index (χ0n) is 14.7. The first-order valence-electron chi connectivity index (χ1n) is 8.02. The summed E-state index contributed by atoms with van der Waals surface area (Å²) in [6, 6.07) is 5.44. The molecule has 2 N–H and O–H groups in total. The molecule has 0 spiro atoms. The van der Waals surface area contributed by atoms with Crippen molar-refractivity contribution in [3.63, 3.8) is 0 Å². The molecule has 1 heterocycles. The van der Waals surface area contributed by atoms with Crippen LogP contribution in [-0.2, 0) is 19.6 Å². The van der Waals surface area contributed by atoms with Crippen LogP contribution in [0.4, 0.5) is 11.4 Å². The van der Waals surface area contributed by atoms with Gasteiger partial charge in [-0.1, -0.05) is 6.07 Å². The van der Waals surface area contributed by atoms with Gasteiger partial charge in [0, 0.05) is 44.5 Å². The third kappa shape index (κ3) is 5.17. The highest BCUT2D eigenvalue weighted by molar-refractivity contribution is 7.88. The summed E-state index contributed by atoms with van der Waals surface area (Å²) in [4.78, 5) is 25.2. The van der Waals surface area contributed by atoms with Gasteiger partial charge in [-0.05, 0) is 24.6 Å². The maximum atomic E-state index is 12.3. The fourth-order valence-electron chi connectivity index (χ4n) is 2.70. The highest BCUT2D eigenvalue weighted by atomic mass is 32.2. The average Bonchev–Trinajstić information content (AvgIpc) is 2.54. The number of piperazine rings is 1. The lowest BCUT2D eigenvalue weighted by atomic mass is 10.1. The van der Waals surface area contributed by atoms with Crippen molar-refractivity contribution in [3.8, 4) is 0 Å². The first-order valence-corrected chi connectivity index (χ1v) is 9.87. The predicted octanol–water partition coefficient (Wildman–Crippen LogP) is 0.469. The summed E-state index contributed by atoms with van der Waals surface area (Å²) in [7, 11) is -3.21. The summed E-state index contributed by atoms with van der Waals surface area (Å²) < 4.78 is 24.4. The molecule has 1 saturated heterocycles. The average molecular weight is 368 g/mol. The molecule has 25 heavy (non-hydrogen) atoms. The first-order chi connectivity index (χ1) is 11.7. The van der Waals surface area contributed by atoms with E-state index in [1.54, 1.807) is 17.0 Å². The van der Waals surface area contributed by atoms with Crippen molar-refractivity contribution >= 4 is 33.2 Å². The second-order valence-electron chi connectivity index (χ2n) is 6.06. The molecule has 8 nitrogen and oxygen atoms in total. The van der Waals surface area contributed by atoms with Crippen LogP contribution in [0.1, 0.15) is 12.5 Å². The second kappa shape index (κ2) is 7.83. The number of hydrogen-bond donors (Lipinski definition) is 2. The van der Waals surface area contributed by atoms with Crippen molar-refractivity contribution in [1.29, 1.82) is 0 Å². The molecule has 2 rings (SSSR count). The molecule has 0 aliphatic carbocycles. The number of anilines is 2. The van der Waals surface area contributed by atoms with Crippen LogP contribution < -0.4 is 10.6 Å². The summed E-state index contributed by atoms with van der Waals surface area (Å²) in [6.07, 6.45) is 1.18. The zero-order chi connectivity index (χ0) is 18.6. The van der Waals surface area contributed by atoms with Gasteiger partial charge in [0.25, 0.3) is 0 Å².